The van der Waals surface area contributed by atoms with Crippen LogP contribution in [0.5, 0.6) is 11.5 Å². The van der Waals surface area contributed by atoms with E-state index in [0.29, 0.717) is 37.4 Å². The number of carbonyl (C=O) groups excluding carboxylic acids is 2. The number of hydrogen-bond acceptors (Lipinski definition) is 4. The van der Waals surface area contributed by atoms with Gasteiger partial charge in [0.15, 0.2) is 0 Å². The average Bonchev–Trinajstić information content (AvgIpc) is 3.14. The highest BCUT2D eigenvalue weighted by Gasteiger charge is 2.26. The molecule has 2 fully saturated rings. The molecule has 6 heteroatoms. The van der Waals surface area contributed by atoms with E-state index >= 15 is 0 Å². The number of ether oxygens (including phenoxy) is 1. The van der Waals surface area contributed by atoms with Crippen molar-refractivity contribution in [2.24, 2.45) is 0 Å². The van der Waals surface area contributed by atoms with Crippen LogP contribution in [0.15, 0.2) is 48.5 Å². The highest BCUT2D eigenvalue weighted by atomic mass is 16.5. The van der Waals surface area contributed by atoms with E-state index in [1.165, 1.54) is 0 Å². The molecule has 2 saturated heterocycles. The third kappa shape index (κ3) is 3.96. The summed E-state index contributed by atoms with van der Waals surface area (Å²) in [7, 11) is 0. The molecule has 2 aliphatic rings. The molecular formula is C22H24N2O4. The number of amides is 2. The third-order valence-corrected chi connectivity index (χ3v) is 5.33. The van der Waals surface area contributed by atoms with E-state index in [9.17, 15) is 14.7 Å². The molecule has 0 radical (unpaired) electrons. The van der Waals surface area contributed by atoms with Crippen LogP contribution in [-0.4, -0.2) is 47.6 Å². The monoisotopic (exact) mass is 380 g/mol. The first-order valence-corrected chi connectivity index (χ1v) is 9.75. The minimum Gasteiger partial charge on any atom is -0.508 e. The summed E-state index contributed by atoms with van der Waals surface area (Å²) in [5.74, 6) is 0.938. The molecule has 2 aromatic carbocycles. The van der Waals surface area contributed by atoms with Gasteiger partial charge in [-0.05, 0) is 36.8 Å². The Balaban J connectivity index is 1.37. The number of rotatable bonds is 4. The predicted octanol–water partition coefficient (Wildman–Crippen LogP) is 3.20. The van der Waals surface area contributed by atoms with Gasteiger partial charge in [-0.2, -0.15) is 0 Å². The lowest BCUT2D eigenvalue weighted by molar-refractivity contribution is -0.117. The van der Waals surface area contributed by atoms with Gasteiger partial charge in [-0.15, -0.1) is 0 Å². The number of benzene rings is 2. The van der Waals surface area contributed by atoms with Crippen molar-refractivity contribution in [3.05, 3.63) is 54.1 Å². The molecule has 0 spiro atoms. The van der Waals surface area contributed by atoms with Gasteiger partial charge in [-0.1, -0.05) is 12.1 Å². The Morgan fingerprint density at radius 1 is 1.04 bits per heavy atom. The summed E-state index contributed by atoms with van der Waals surface area (Å²) in [6, 6.07) is 14.1. The number of phenols is 1. The molecule has 2 aromatic rings. The van der Waals surface area contributed by atoms with Crippen LogP contribution in [0.2, 0.25) is 0 Å². The van der Waals surface area contributed by atoms with Gasteiger partial charge >= 0.3 is 0 Å². The van der Waals surface area contributed by atoms with Crippen molar-refractivity contribution in [1.82, 2.24) is 4.90 Å². The summed E-state index contributed by atoms with van der Waals surface area (Å²) in [4.78, 5) is 28.5. The molecule has 0 bridgehead atoms. The topological polar surface area (TPSA) is 70.1 Å². The van der Waals surface area contributed by atoms with Crippen molar-refractivity contribution in [3.8, 4) is 11.5 Å². The summed E-state index contributed by atoms with van der Waals surface area (Å²) < 4.78 is 5.93. The second kappa shape index (κ2) is 7.92. The predicted molar refractivity (Wildman–Crippen MR) is 106 cm³/mol. The van der Waals surface area contributed by atoms with Crippen LogP contribution in [0.1, 0.15) is 36.0 Å². The largest absolute Gasteiger partial charge is 0.508 e. The molecule has 2 aliphatic heterocycles. The molecule has 2 amide bonds. The number of aromatic hydroxyl groups is 1. The minimum absolute atomic E-state index is 0.00991. The van der Waals surface area contributed by atoms with Crippen LogP contribution in [-0.2, 0) is 4.79 Å². The van der Waals surface area contributed by atoms with Crippen molar-refractivity contribution in [2.75, 3.05) is 24.5 Å². The lowest BCUT2D eigenvalue weighted by Crippen LogP contribution is -2.41. The Hall–Kier alpha value is -3.02. The summed E-state index contributed by atoms with van der Waals surface area (Å²) in [5.41, 5.74) is 1.42. The quantitative estimate of drug-likeness (QED) is 0.884. The maximum Gasteiger partial charge on any atom is 0.253 e. The number of anilines is 1. The second-order valence-corrected chi connectivity index (χ2v) is 7.31. The molecule has 2 heterocycles. The van der Waals surface area contributed by atoms with Crippen molar-refractivity contribution in [3.63, 3.8) is 0 Å². The highest BCUT2D eigenvalue weighted by Crippen LogP contribution is 2.25. The summed E-state index contributed by atoms with van der Waals surface area (Å²) in [5, 5.41) is 9.54. The van der Waals surface area contributed by atoms with Crippen molar-refractivity contribution in [1.29, 1.82) is 0 Å². The maximum absolute atomic E-state index is 12.9. The van der Waals surface area contributed by atoms with E-state index < -0.39 is 0 Å². The standard InChI is InChI=1S/C22H24N2O4/c25-18-6-2-7-20(15-18)28-19-9-12-23(13-10-19)22(27)16-4-1-5-17(14-16)24-11-3-8-21(24)26/h1-2,4-7,14-15,19,25H,3,8-13H2. The Labute approximate surface area is 164 Å². The van der Waals surface area contributed by atoms with Crippen molar-refractivity contribution in [2.45, 2.75) is 31.8 Å². The molecule has 6 nitrogen and oxygen atoms in total. The first kappa shape index (κ1) is 18.3. The molecule has 0 aliphatic carbocycles. The molecule has 1 N–H and O–H groups in total. The number of hydrogen-bond donors (Lipinski definition) is 1. The first-order valence-electron chi connectivity index (χ1n) is 9.75. The van der Waals surface area contributed by atoms with E-state index in [1.807, 2.05) is 35.2 Å². The molecular weight excluding hydrogens is 356 g/mol. The maximum atomic E-state index is 12.9. The number of piperidine rings is 1. The number of phenolic OH excluding ortho intramolecular Hbond substituents is 1. The van der Waals surface area contributed by atoms with Gasteiger partial charge in [0, 0.05) is 56.2 Å². The zero-order chi connectivity index (χ0) is 19.5. The lowest BCUT2D eigenvalue weighted by Gasteiger charge is -2.32. The van der Waals surface area contributed by atoms with E-state index in [4.69, 9.17) is 4.74 Å². The van der Waals surface area contributed by atoms with Gasteiger partial charge in [0.05, 0.1) is 0 Å². The van der Waals surface area contributed by atoms with Gasteiger partial charge < -0.3 is 19.6 Å². The van der Waals surface area contributed by atoms with E-state index in [0.717, 1.165) is 24.9 Å². The summed E-state index contributed by atoms with van der Waals surface area (Å²) in [6.07, 6.45) is 2.95. The highest BCUT2D eigenvalue weighted by molar-refractivity contribution is 5.99. The number of carbonyl (C=O) groups is 2. The smallest absolute Gasteiger partial charge is 0.253 e. The van der Waals surface area contributed by atoms with Gasteiger partial charge in [0.25, 0.3) is 5.91 Å². The molecule has 4 rings (SSSR count). The Morgan fingerprint density at radius 2 is 1.82 bits per heavy atom. The first-order chi connectivity index (χ1) is 13.6. The molecule has 0 saturated carbocycles. The fourth-order valence-corrected chi connectivity index (χ4v) is 3.84. The Kier molecular flexibility index (Phi) is 5.19. The van der Waals surface area contributed by atoms with Gasteiger partial charge in [0.2, 0.25) is 5.91 Å². The van der Waals surface area contributed by atoms with Crippen molar-refractivity contribution < 1.29 is 19.4 Å². The van der Waals surface area contributed by atoms with Crippen LogP contribution in [0.3, 0.4) is 0 Å². The second-order valence-electron chi connectivity index (χ2n) is 7.31. The van der Waals surface area contributed by atoms with E-state index in [2.05, 4.69) is 0 Å². The van der Waals surface area contributed by atoms with Gasteiger partial charge in [-0.25, -0.2) is 0 Å². The third-order valence-electron chi connectivity index (χ3n) is 5.33. The fourth-order valence-electron chi connectivity index (χ4n) is 3.84. The van der Waals surface area contributed by atoms with Crippen molar-refractivity contribution >= 4 is 17.5 Å². The van der Waals surface area contributed by atoms with Crippen LogP contribution < -0.4 is 9.64 Å². The van der Waals surface area contributed by atoms with Crippen LogP contribution in [0.25, 0.3) is 0 Å². The lowest BCUT2D eigenvalue weighted by atomic mass is 10.1. The molecule has 0 atom stereocenters. The summed E-state index contributed by atoms with van der Waals surface area (Å²) >= 11 is 0. The van der Waals surface area contributed by atoms with Gasteiger partial charge in [0.1, 0.15) is 17.6 Å². The number of likely N-dealkylation sites (tertiary alicyclic amines) is 1. The van der Waals surface area contributed by atoms with Crippen LogP contribution in [0, 0.1) is 0 Å². The SMILES string of the molecule is O=C(c1cccc(N2CCCC2=O)c1)N1CCC(Oc2cccc(O)c2)CC1. The summed E-state index contributed by atoms with van der Waals surface area (Å²) in [6.45, 7) is 1.96. The molecule has 28 heavy (non-hydrogen) atoms. The minimum atomic E-state index is -0.00991. The molecule has 146 valence electrons. The fraction of sp³-hybridized carbons (Fsp3) is 0.364. The zero-order valence-corrected chi connectivity index (χ0v) is 15.7. The van der Waals surface area contributed by atoms with Gasteiger partial charge in [-0.3, -0.25) is 9.59 Å². The van der Waals surface area contributed by atoms with E-state index in [1.54, 1.807) is 23.1 Å². The molecule has 0 aromatic heterocycles. The van der Waals surface area contributed by atoms with E-state index in [-0.39, 0.29) is 23.7 Å². The zero-order valence-electron chi connectivity index (χ0n) is 15.7. The Bertz CT molecular complexity index is 874. The van der Waals surface area contributed by atoms with Crippen LogP contribution >= 0.6 is 0 Å². The Morgan fingerprint density at radius 3 is 2.54 bits per heavy atom. The average molecular weight is 380 g/mol. The van der Waals surface area contributed by atoms with Crippen LogP contribution in [0.4, 0.5) is 5.69 Å². The number of nitrogens with zero attached hydrogens (tertiary/aromatic N) is 2. The molecule has 0 unspecified atom stereocenters. The normalized spacial score (nSPS) is 17.8.